The monoisotopic (exact) mass is 334 g/mol. The van der Waals surface area contributed by atoms with Gasteiger partial charge in [-0.25, -0.2) is 4.98 Å². The molecule has 4 nitrogen and oxygen atoms in total. The summed E-state index contributed by atoms with van der Waals surface area (Å²) in [6.07, 6.45) is 3.37. The number of benzene rings is 1. The Hall–Kier alpha value is -1.62. The predicted molar refractivity (Wildman–Crippen MR) is 80.1 cm³/mol. The highest BCUT2D eigenvalue weighted by atomic mass is 79.9. The minimum atomic E-state index is -0.262. The third-order valence-corrected chi connectivity index (χ3v) is 4.20. The van der Waals surface area contributed by atoms with Crippen LogP contribution in [0, 0.1) is 13.8 Å². The van der Waals surface area contributed by atoms with Crippen LogP contribution in [0.1, 0.15) is 39.7 Å². The third kappa shape index (κ3) is 2.38. The van der Waals surface area contributed by atoms with E-state index >= 15 is 0 Å². The van der Waals surface area contributed by atoms with E-state index in [0.29, 0.717) is 11.6 Å². The van der Waals surface area contributed by atoms with Gasteiger partial charge in [-0.05, 0) is 65.4 Å². The second kappa shape index (κ2) is 5.05. The summed E-state index contributed by atoms with van der Waals surface area (Å²) in [7, 11) is 0. The number of rotatable bonds is 2. The lowest BCUT2D eigenvalue weighted by Crippen LogP contribution is -2.13. The summed E-state index contributed by atoms with van der Waals surface area (Å²) in [5.74, 6) is 0.511. The first kappa shape index (κ1) is 13.4. The van der Waals surface area contributed by atoms with Crippen LogP contribution in [-0.2, 0) is 12.8 Å². The fourth-order valence-electron chi connectivity index (χ4n) is 2.61. The topological polar surface area (TPSA) is 55.1 Å². The average Bonchev–Trinajstić information content (AvgIpc) is 2.95. The lowest BCUT2D eigenvalue weighted by Gasteiger charge is -2.09. The van der Waals surface area contributed by atoms with Crippen LogP contribution in [0.5, 0.6) is 0 Å². The molecule has 1 aliphatic carbocycles. The Morgan fingerprint density at radius 3 is 2.65 bits per heavy atom. The van der Waals surface area contributed by atoms with Gasteiger partial charge in [0.25, 0.3) is 5.91 Å². The Labute approximate surface area is 125 Å². The van der Waals surface area contributed by atoms with E-state index in [0.717, 1.165) is 23.0 Å². The van der Waals surface area contributed by atoms with Crippen LogP contribution in [0.15, 0.2) is 21.0 Å². The van der Waals surface area contributed by atoms with Crippen molar-refractivity contribution in [1.82, 2.24) is 4.98 Å². The maximum Gasteiger partial charge on any atom is 0.293 e. The molecule has 1 aliphatic rings. The molecule has 0 saturated heterocycles. The fourth-order valence-corrected chi connectivity index (χ4v) is 3.10. The summed E-state index contributed by atoms with van der Waals surface area (Å²) in [5, 5.41) is 2.89. The average molecular weight is 335 g/mol. The zero-order valence-corrected chi connectivity index (χ0v) is 13.0. The van der Waals surface area contributed by atoms with Gasteiger partial charge in [0, 0.05) is 11.4 Å². The number of nitrogens with zero attached hydrogens (tertiary/aromatic N) is 1. The van der Waals surface area contributed by atoms with Crippen molar-refractivity contribution in [3.05, 3.63) is 45.1 Å². The number of carbonyl (C=O) groups is 1. The number of nitrogens with one attached hydrogen (secondary N) is 1. The number of hydrogen-bond donors (Lipinski definition) is 1. The minimum Gasteiger partial charge on any atom is -0.436 e. The quantitative estimate of drug-likeness (QED) is 0.908. The van der Waals surface area contributed by atoms with Crippen LogP contribution in [0.4, 0.5) is 5.69 Å². The van der Waals surface area contributed by atoms with Gasteiger partial charge in [-0.15, -0.1) is 0 Å². The first-order valence-corrected chi connectivity index (χ1v) is 7.40. The summed E-state index contributed by atoms with van der Waals surface area (Å²) in [5.41, 5.74) is 4.07. The zero-order valence-electron chi connectivity index (χ0n) is 11.4. The zero-order chi connectivity index (χ0) is 14.3. The summed E-state index contributed by atoms with van der Waals surface area (Å²) < 4.78 is 6.25. The molecule has 0 saturated carbocycles. The van der Waals surface area contributed by atoms with E-state index in [-0.39, 0.29) is 11.7 Å². The summed E-state index contributed by atoms with van der Waals surface area (Å²) >= 11 is 3.51. The van der Waals surface area contributed by atoms with Gasteiger partial charge in [0.05, 0.1) is 11.4 Å². The number of carbonyl (C=O) groups excluding carboxylic acids is 1. The van der Waals surface area contributed by atoms with Crippen LogP contribution in [0.25, 0.3) is 0 Å². The number of anilines is 1. The second-order valence-corrected chi connectivity index (χ2v) is 5.91. The Bertz CT molecular complexity index is 691. The molecule has 3 rings (SSSR count). The number of amides is 1. The minimum absolute atomic E-state index is 0.262. The molecule has 0 fully saturated rings. The molecule has 1 aromatic carbocycles. The Morgan fingerprint density at radius 1 is 1.30 bits per heavy atom. The van der Waals surface area contributed by atoms with Crippen molar-refractivity contribution in [2.75, 3.05) is 5.32 Å². The molecule has 20 heavy (non-hydrogen) atoms. The van der Waals surface area contributed by atoms with E-state index in [9.17, 15) is 4.79 Å². The number of aromatic nitrogens is 1. The van der Waals surface area contributed by atoms with E-state index in [2.05, 4.69) is 32.3 Å². The maximum atomic E-state index is 12.2. The lowest BCUT2D eigenvalue weighted by molar-refractivity contribution is 0.0994. The highest BCUT2D eigenvalue weighted by Gasteiger charge is 2.19. The van der Waals surface area contributed by atoms with E-state index in [1.165, 1.54) is 17.5 Å². The van der Waals surface area contributed by atoms with Crippen LogP contribution in [-0.4, -0.2) is 10.9 Å². The predicted octanol–water partition coefficient (Wildman–Crippen LogP) is 3.79. The highest BCUT2D eigenvalue weighted by molar-refractivity contribution is 9.10. The van der Waals surface area contributed by atoms with Gasteiger partial charge in [0.2, 0.25) is 5.76 Å². The SMILES string of the molecule is Cc1nc(C)c(C(=O)Nc2cc3c(cc2Br)CCC3)o1. The van der Waals surface area contributed by atoms with E-state index in [4.69, 9.17) is 4.42 Å². The largest absolute Gasteiger partial charge is 0.436 e. The number of halogens is 1. The first-order valence-electron chi connectivity index (χ1n) is 6.61. The van der Waals surface area contributed by atoms with Crippen molar-refractivity contribution in [1.29, 1.82) is 0 Å². The molecule has 2 aromatic rings. The van der Waals surface area contributed by atoms with Crippen LogP contribution in [0.2, 0.25) is 0 Å². The van der Waals surface area contributed by atoms with Gasteiger partial charge in [-0.3, -0.25) is 4.79 Å². The van der Waals surface area contributed by atoms with Crippen LogP contribution in [0.3, 0.4) is 0 Å². The summed E-state index contributed by atoms with van der Waals surface area (Å²) in [6.45, 7) is 3.50. The Balaban J connectivity index is 1.88. The van der Waals surface area contributed by atoms with Crippen molar-refractivity contribution in [2.45, 2.75) is 33.1 Å². The third-order valence-electron chi connectivity index (χ3n) is 3.54. The van der Waals surface area contributed by atoms with Gasteiger partial charge in [0.15, 0.2) is 5.89 Å². The van der Waals surface area contributed by atoms with Crippen LogP contribution >= 0.6 is 15.9 Å². The Kier molecular flexibility index (Phi) is 3.38. The van der Waals surface area contributed by atoms with Gasteiger partial charge in [-0.1, -0.05) is 0 Å². The van der Waals surface area contributed by atoms with Gasteiger partial charge in [0.1, 0.15) is 0 Å². The molecule has 0 bridgehead atoms. The first-order chi connectivity index (χ1) is 9.54. The highest BCUT2D eigenvalue weighted by Crippen LogP contribution is 2.32. The molecule has 104 valence electrons. The van der Waals surface area contributed by atoms with Crippen molar-refractivity contribution in [2.24, 2.45) is 0 Å². The smallest absolute Gasteiger partial charge is 0.293 e. The molecule has 1 amide bonds. The molecule has 1 aromatic heterocycles. The van der Waals surface area contributed by atoms with Crippen molar-refractivity contribution >= 4 is 27.5 Å². The molecule has 0 radical (unpaired) electrons. The molecule has 1 N–H and O–H groups in total. The Morgan fingerprint density at radius 2 is 2.00 bits per heavy atom. The second-order valence-electron chi connectivity index (χ2n) is 5.06. The molecule has 0 aliphatic heterocycles. The molecular weight excluding hydrogens is 320 g/mol. The normalized spacial score (nSPS) is 13.3. The molecule has 0 unspecified atom stereocenters. The number of oxazole rings is 1. The molecule has 1 heterocycles. The molecule has 5 heteroatoms. The van der Waals surface area contributed by atoms with Crippen molar-refractivity contribution < 1.29 is 9.21 Å². The number of aryl methyl sites for hydroxylation is 4. The van der Waals surface area contributed by atoms with E-state index < -0.39 is 0 Å². The fraction of sp³-hybridized carbons (Fsp3) is 0.333. The van der Waals surface area contributed by atoms with E-state index in [1.54, 1.807) is 13.8 Å². The van der Waals surface area contributed by atoms with Crippen molar-refractivity contribution in [3.63, 3.8) is 0 Å². The number of hydrogen-bond acceptors (Lipinski definition) is 3. The maximum absolute atomic E-state index is 12.2. The summed E-state index contributed by atoms with van der Waals surface area (Å²) in [4.78, 5) is 16.3. The van der Waals surface area contributed by atoms with Crippen molar-refractivity contribution in [3.8, 4) is 0 Å². The number of fused-ring (bicyclic) bond motifs is 1. The summed E-state index contributed by atoms with van der Waals surface area (Å²) in [6, 6.07) is 4.14. The van der Waals surface area contributed by atoms with E-state index in [1.807, 2.05) is 6.07 Å². The van der Waals surface area contributed by atoms with Gasteiger partial charge < -0.3 is 9.73 Å². The van der Waals surface area contributed by atoms with Crippen LogP contribution < -0.4 is 5.32 Å². The van der Waals surface area contributed by atoms with Gasteiger partial charge >= 0.3 is 0 Å². The molecule has 0 spiro atoms. The molecule has 0 atom stereocenters. The molecular formula is C15H15BrN2O2. The van der Waals surface area contributed by atoms with Gasteiger partial charge in [-0.2, -0.15) is 0 Å². The lowest BCUT2D eigenvalue weighted by atomic mass is 10.1. The standard InChI is InChI=1S/C15H15BrN2O2/c1-8-14(20-9(2)17-8)15(19)18-13-7-11-5-3-4-10(11)6-12(13)16/h6-7H,3-5H2,1-2H3,(H,18,19).